The van der Waals surface area contributed by atoms with Crippen LogP contribution in [0.1, 0.15) is 51.9 Å². The summed E-state index contributed by atoms with van der Waals surface area (Å²) in [4.78, 5) is 25.3. The number of carbonyl (C=O) groups is 2. The second-order valence-corrected chi connectivity index (χ2v) is 6.83. The molecule has 1 saturated heterocycles. The summed E-state index contributed by atoms with van der Waals surface area (Å²) in [6.07, 6.45) is 7.80. The van der Waals surface area contributed by atoms with Gasteiger partial charge in [0.25, 0.3) is 6.47 Å². The summed E-state index contributed by atoms with van der Waals surface area (Å²) in [5.41, 5.74) is -0.0340. The minimum Gasteiger partial charge on any atom is -0.483 e. The van der Waals surface area contributed by atoms with Crippen LogP contribution in [0.25, 0.3) is 0 Å². The summed E-state index contributed by atoms with van der Waals surface area (Å²) in [7, 11) is 1.91. The average molecular weight is 328 g/mol. The number of carboxylic acid groups (broad SMARTS) is 1. The first kappa shape index (κ1) is 19.9. The number of likely N-dealkylation sites (N-methyl/N-ethyl adjacent to an activating group) is 1. The molecule has 0 aromatic rings. The third-order valence-corrected chi connectivity index (χ3v) is 5.20. The zero-order chi connectivity index (χ0) is 17.3. The number of rotatable bonds is 6. The quantitative estimate of drug-likeness (QED) is 0.724. The molecule has 1 unspecified atom stereocenters. The minimum absolute atomic E-state index is 0.0340. The third-order valence-electron chi connectivity index (χ3n) is 5.20. The number of aliphatic hydroxyl groups is 1. The van der Waals surface area contributed by atoms with E-state index in [1.54, 1.807) is 0 Å². The minimum atomic E-state index is -0.250. The lowest BCUT2D eigenvalue weighted by atomic mass is 9.86. The van der Waals surface area contributed by atoms with Crippen molar-refractivity contribution >= 4 is 12.4 Å². The zero-order valence-electron chi connectivity index (χ0n) is 14.5. The number of hydrogen-bond acceptors (Lipinski definition) is 4. The van der Waals surface area contributed by atoms with Crippen molar-refractivity contribution in [2.45, 2.75) is 57.9 Å². The Bertz CT molecular complexity index is 364. The Kier molecular flexibility index (Phi) is 8.55. The van der Waals surface area contributed by atoms with Gasteiger partial charge in [-0.1, -0.05) is 19.8 Å². The molecule has 134 valence electrons. The Morgan fingerprint density at radius 2 is 1.78 bits per heavy atom. The number of aliphatic hydroxyl groups excluding tert-OH is 1. The van der Waals surface area contributed by atoms with E-state index in [1.165, 1.54) is 25.7 Å². The van der Waals surface area contributed by atoms with Crippen LogP contribution in [-0.4, -0.2) is 71.7 Å². The van der Waals surface area contributed by atoms with Crippen molar-refractivity contribution in [1.82, 2.24) is 9.80 Å². The standard InChI is InChI=1S/C16H30N2O2.CH2O2/c1-3-14(18-10-6-7-11-18)15(20)17(2)12-16(13-19)8-4-5-9-16;2-1-3/h14,19H,3-13H2,1-2H3;1H,(H,2,3). The van der Waals surface area contributed by atoms with Crippen LogP contribution in [0.5, 0.6) is 0 Å². The van der Waals surface area contributed by atoms with Crippen LogP contribution in [0.4, 0.5) is 0 Å². The van der Waals surface area contributed by atoms with E-state index in [0.717, 1.165) is 32.4 Å². The van der Waals surface area contributed by atoms with Gasteiger partial charge in [-0.05, 0) is 45.2 Å². The summed E-state index contributed by atoms with van der Waals surface area (Å²) < 4.78 is 0. The fraction of sp³-hybridized carbons (Fsp3) is 0.882. The molecule has 23 heavy (non-hydrogen) atoms. The molecule has 1 atom stereocenters. The SMILES string of the molecule is CCC(C(=O)N(C)CC1(CO)CCCC1)N1CCCC1.O=CO. The summed E-state index contributed by atoms with van der Waals surface area (Å²) in [6, 6.07) is 0.0413. The highest BCUT2D eigenvalue weighted by atomic mass is 16.3. The molecule has 1 heterocycles. The predicted molar refractivity (Wildman–Crippen MR) is 89.2 cm³/mol. The van der Waals surface area contributed by atoms with Gasteiger partial charge in [-0.25, -0.2) is 0 Å². The van der Waals surface area contributed by atoms with Gasteiger partial charge in [0.1, 0.15) is 0 Å². The van der Waals surface area contributed by atoms with Gasteiger partial charge < -0.3 is 15.1 Å². The van der Waals surface area contributed by atoms with Crippen LogP contribution in [0, 0.1) is 5.41 Å². The second kappa shape index (κ2) is 9.88. The van der Waals surface area contributed by atoms with E-state index in [4.69, 9.17) is 9.90 Å². The average Bonchev–Trinajstić information content (AvgIpc) is 3.21. The molecule has 6 nitrogen and oxygen atoms in total. The molecule has 0 bridgehead atoms. The highest BCUT2D eigenvalue weighted by molar-refractivity contribution is 5.81. The van der Waals surface area contributed by atoms with Crippen LogP contribution < -0.4 is 0 Å². The molecular formula is C17H32N2O4. The lowest BCUT2D eigenvalue weighted by molar-refractivity contribution is -0.137. The molecule has 2 aliphatic rings. The van der Waals surface area contributed by atoms with E-state index in [0.29, 0.717) is 6.54 Å². The summed E-state index contributed by atoms with van der Waals surface area (Å²) >= 11 is 0. The molecule has 6 heteroatoms. The number of nitrogens with zero attached hydrogens (tertiary/aromatic N) is 2. The topological polar surface area (TPSA) is 81.1 Å². The van der Waals surface area contributed by atoms with Gasteiger partial charge in [0.2, 0.25) is 5.91 Å². The Labute approximate surface area is 139 Å². The lowest BCUT2D eigenvalue weighted by Gasteiger charge is -2.35. The van der Waals surface area contributed by atoms with Crippen LogP contribution in [0.2, 0.25) is 0 Å². The van der Waals surface area contributed by atoms with E-state index >= 15 is 0 Å². The van der Waals surface area contributed by atoms with E-state index in [1.807, 2.05) is 11.9 Å². The summed E-state index contributed by atoms with van der Waals surface area (Å²) in [6.45, 7) is 4.90. The highest BCUT2D eigenvalue weighted by Gasteiger charge is 2.37. The maximum atomic E-state index is 12.7. The van der Waals surface area contributed by atoms with Crippen LogP contribution in [-0.2, 0) is 9.59 Å². The first-order chi connectivity index (χ1) is 11.0. The van der Waals surface area contributed by atoms with Crippen LogP contribution in [0.15, 0.2) is 0 Å². The fourth-order valence-corrected chi connectivity index (χ4v) is 3.97. The van der Waals surface area contributed by atoms with Gasteiger partial charge >= 0.3 is 0 Å². The Hall–Kier alpha value is -1.14. The van der Waals surface area contributed by atoms with Crippen molar-refractivity contribution in [1.29, 1.82) is 0 Å². The molecule has 2 N–H and O–H groups in total. The number of hydrogen-bond donors (Lipinski definition) is 2. The van der Waals surface area contributed by atoms with E-state index in [9.17, 15) is 9.90 Å². The molecule has 1 amide bonds. The van der Waals surface area contributed by atoms with Crippen molar-refractivity contribution in [3.05, 3.63) is 0 Å². The molecule has 1 saturated carbocycles. The van der Waals surface area contributed by atoms with E-state index in [-0.39, 0.29) is 30.4 Å². The van der Waals surface area contributed by atoms with E-state index < -0.39 is 0 Å². The molecule has 0 aromatic heterocycles. The predicted octanol–water partition coefficient (Wildman–Crippen LogP) is 1.57. The van der Waals surface area contributed by atoms with Gasteiger partial charge in [0, 0.05) is 19.0 Å². The van der Waals surface area contributed by atoms with E-state index in [2.05, 4.69) is 11.8 Å². The first-order valence-electron chi connectivity index (χ1n) is 8.71. The Balaban J connectivity index is 0.000000816. The Morgan fingerprint density at radius 1 is 1.26 bits per heavy atom. The molecule has 0 aromatic carbocycles. The van der Waals surface area contributed by atoms with Crippen molar-refractivity contribution < 1.29 is 19.8 Å². The molecular weight excluding hydrogens is 296 g/mol. The fourth-order valence-electron chi connectivity index (χ4n) is 3.97. The van der Waals surface area contributed by atoms with Gasteiger partial charge in [-0.3, -0.25) is 14.5 Å². The van der Waals surface area contributed by atoms with Gasteiger partial charge in [0.05, 0.1) is 12.6 Å². The third kappa shape index (κ3) is 5.46. The van der Waals surface area contributed by atoms with Gasteiger partial charge in [-0.15, -0.1) is 0 Å². The Morgan fingerprint density at radius 3 is 2.22 bits per heavy atom. The van der Waals surface area contributed by atoms with Crippen molar-refractivity contribution in [3.8, 4) is 0 Å². The molecule has 0 spiro atoms. The number of carbonyl (C=O) groups excluding carboxylic acids is 1. The van der Waals surface area contributed by atoms with Gasteiger partial charge in [0.15, 0.2) is 0 Å². The molecule has 2 rings (SSSR count). The number of amides is 1. The number of likely N-dealkylation sites (tertiary alicyclic amines) is 1. The maximum absolute atomic E-state index is 12.7. The zero-order valence-corrected chi connectivity index (χ0v) is 14.5. The molecule has 0 radical (unpaired) electrons. The normalized spacial score (nSPS) is 21.3. The van der Waals surface area contributed by atoms with Crippen molar-refractivity contribution in [2.24, 2.45) is 5.41 Å². The summed E-state index contributed by atoms with van der Waals surface area (Å²) in [5, 5.41) is 16.6. The molecule has 2 fully saturated rings. The van der Waals surface area contributed by atoms with Crippen molar-refractivity contribution in [2.75, 3.05) is 33.3 Å². The molecule has 1 aliphatic heterocycles. The van der Waals surface area contributed by atoms with Crippen LogP contribution >= 0.6 is 0 Å². The van der Waals surface area contributed by atoms with Crippen molar-refractivity contribution in [3.63, 3.8) is 0 Å². The summed E-state index contributed by atoms with van der Waals surface area (Å²) in [5.74, 6) is 0.245. The smallest absolute Gasteiger partial charge is 0.290 e. The van der Waals surface area contributed by atoms with Crippen LogP contribution in [0.3, 0.4) is 0 Å². The monoisotopic (exact) mass is 328 g/mol. The lowest BCUT2D eigenvalue weighted by Crippen LogP contribution is -2.49. The largest absolute Gasteiger partial charge is 0.483 e. The second-order valence-electron chi connectivity index (χ2n) is 6.83. The highest BCUT2D eigenvalue weighted by Crippen LogP contribution is 2.38. The maximum Gasteiger partial charge on any atom is 0.290 e. The van der Waals surface area contributed by atoms with Gasteiger partial charge in [-0.2, -0.15) is 0 Å². The first-order valence-corrected chi connectivity index (χ1v) is 8.71. The molecule has 1 aliphatic carbocycles.